The van der Waals surface area contributed by atoms with Crippen LogP contribution in [0.1, 0.15) is 19.4 Å². The summed E-state index contributed by atoms with van der Waals surface area (Å²) in [4.78, 5) is 12.7. The van der Waals surface area contributed by atoms with Crippen LogP contribution in [0.3, 0.4) is 0 Å². The van der Waals surface area contributed by atoms with Crippen molar-refractivity contribution in [1.29, 1.82) is 0 Å². The molecule has 0 saturated heterocycles. The zero-order valence-electron chi connectivity index (χ0n) is 12.2. The molecule has 0 aliphatic rings. The summed E-state index contributed by atoms with van der Waals surface area (Å²) >= 11 is 0. The Hall–Kier alpha value is -1.87. The maximum absolute atomic E-state index is 10.9. The number of benzene rings is 1. The van der Waals surface area contributed by atoms with Crippen LogP contribution in [0.5, 0.6) is 0 Å². The van der Waals surface area contributed by atoms with Crippen molar-refractivity contribution in [1.82, 2.24) is 4.90 Å². The highest BCUT2D eigenvalue weighted by molar-refractivity contribution is 5.87. The number of hydrogen-bond acceptors (Lipinski definition) is 3. The first kappa shape index (κ1) is 17.1. The molecule has 19 heavy (non-hydrogen) atoms. The monoisotopic (exact) mass is 261 g/mol. The molecule has 0 bridgehead atoms. The molecule has 0 saturated carbocycles. The van der Waals surface area contributed by atoms with Crippen LogP contribution in [0.15, 0.2) is 49.1 Å². The summed E-state index contributed by atoms with van der Waals surface area (Å²) in [5, 5.41) is 0. The van der Waals surface area contributed by atoms with Crippen LogP contribution in [0.25, 0.3) is 6.08 Å². The molecule has 3 nitrogen and oxygen atoms in total. The number of ether oxygens (including phenoxy) is 1. The smallest absolute Gasteiger partial charge is 0.334 e. The minimum absolute atomic E-state index is 0.195. The zero-order chi connectivity index (χ0) is 14.8. The molecule has 0 heterocycles. The summed E-state index contributed by atoms with van der Waals surface area (Å²) in [5.74, 6) is -0.341. The molecule has 0 aromatic heterocycles. The molecule has 0 fully saturated rings. The number of esters is 1. The maximum Gasteiger partial charge on any atom is 0.334 e. The number of carbonyl (C=O) groups is 1. The molecule has 1 aromatic carbocycles. The van der Waals surface area contributed by atoms with Crippen molar-refractivity contribution in [2.45, 2.75) is 20.1 Å². The minimum atomic E-state index is -0.341. The van der Waals surface area contributed by atoms with Gasteiger partial charge in [-0.2, -0.15) is 0 Å². The molecular formula is C16H23NO2. The van der Waals surface area contributed by atoms with Gasteiger partial charge in [0.15, 0.2) is 6.23 Å². The third kappa shape index (κ3) is 7.95. The van der Waals surface area contributed by atoms with Crippen LogP contribution in [0, 0.1) is 0 Å². The molecule has 0 aliphatic heterocycles. The molecule has 0 radical (unpaired) electrons. The molecule has 1 unspecified atom stereocenters. The predicted octanol–water partition coefficient (Wildman–Crippen LogP) is 3.34. The van der Waals surface area contributed by atoms with Gasteiger partial charge in [-0.25, -0.2) is 4.79 Å². The topological polar surface area (TPSA) is 29.5 Å². The van der Waals surface area contributed by atoms with Gasteiger partial charge in [-0.1, -0.05) is 49.6 Å². The molecular weight excluding hydrogens is 238 g/mol. The first-order chi connectivity index (χ1) is 8.88. The van der Waals surface area contributed by atoms with Crippen LogP contribution in [-0.4, -0.2) is 31.2 Å². The Morgan fingerprint density at radius 2 is 1.84 bits per heavy atom. The molecule has 0 N–H and O–H groups in total. The van der Waals surface area contributed by atoms with Crippen LogP contribution in [0.4, 0.5) is 0 Å². The third-order valence-corrected chi connectivity index (χ3v) is 2.39. The number of nitrogens with zero attached hydrogens (tertiary/aromatic N) is 1. The number of carbonyl (C=O) groups excluding carboxylic acids is 1. The van der Waals surface area contributed by atoms with Gasteiger partial charge >= 0.3 is 5.97 Å². The zero-order valence-corrected chi connectivity index (χ0v) is 12.2. The van der Waals surface area contributed by atoms with Gasteiger partial charge in [0.2, 0.25) is 0 Å². The fraction of sp³-hybridized carbons (Fsp3) is 0.312. The number of hydrogen-bond donors (Lipinski definition) is 0. The molecule has 1 atom stereocenters. The molecule has 104 valence electrons. The largest absolute Gasteiger partial charge is 0.443 e. The maximum atomic E-state index is 10.9. The highest BCUT2D eigenvalue weighted by atomic mass is 16.6. The Balaban J connectivity index is 0.000000356. The fourth-order valence-electron chi connectivity index (χ4n) is 0.950. The van der Waals surface area contributed by atoms with Crippen LogP contribution in [-0.2, 0) is 9.53 Å². The van der Waals surface area contributed by atoms with Gasteiger partial charge in [-0.15, -0.1) is 0 Å². The average molecular weight is 261 g/mol. The average Bonchev–Trinajstić information content (AvgIpc) is 2.40. The van der Waals surface area contributed by atoms with Gasteiger partial charge in [0.25, 0.3) is 0 Å². The van der Waals surface area contributed by atoms with Gasteiger partial charge < -0.3 is 4.74 Å². The Bertz CT molecular complexity index is 410. The Morgan fingerprint density at radius 1 is 1.32 bits per heavy atom. The lowest BCUT2D eigenvalue weighted by Crippen LogP contribution is -2.30. The van der Waals surface area contributed by atoms with E-state index >= 15 is 0 Å². The highest BCUT2D eigenvalue weighted by Crippen LogP contribution is 1.99. The summed E-state index contributed by atoms with van der Waals surface area (Å²) in [7, 11) is 3.69. The Labute approximate surface area is 116 Å². The van der Waals surface area contributed by atoms with Crippen molar-refractivity contribution < 1.29 is 9.53 Å². The second-order valence-electron chi connectivity index (χ2n) is 4.36. The lowest BCUT2D eigenvalue weighted by molar-refractivity contribution is -0.150. The normalized spacial score (nSPS) is 11.0. The second-order valence-corrected chi connectivity index (χ2v) is 4.36. The molecule has 1 aromatic rings. The second kappa shape index (κ2) is 9.11. The van der Waals surface area contributed by atoms with Gasteiger partial charge in [-0.05, 0) is 33.5 Å². The summed E-state index contributed by atoms with van der Waals surface area (Å²) in [6.07, 6.45) is 1.64. The van der Waals surface area contributed by atoms with E-state index in [0.717, 1.165) is 0 Å². The summed E-state index contributed by atoms with van der Waals surface area (Å²) in [6.45, 7) is 10.5. The van der Waals surface area contributed by atoms with E-state index in [9.17, 15) is 4.79 Å². The fourth-order valence-corrected chi connectivity index (χ4v) is 0.950. The standard InChI is InChI=1S/C8H15NO2.C8H8/c1-6(2)8(10)11-7(3)9(4)5;1-2-8-6-4-3-5-7-8/h7H,1H2,2-5H3;2-7H,1H2. The van der Waals surface area contributed by atoms with E-state index in [1.54, 1.807) is 18.7 Å². The van der Waals surface area contributed by atoms with Crippen molar-refractivity contribution in [3.8, 4) is 0 Å². The first-order valence-corrected chi connectivity index (χ1v) is 6.09. The van der Waals surface area contributed by atoms with Crippen LogP contribution in [0.2, 0.25) is 0 Å². The van der Waals surface area contributed by atoms with Crippen molar-refractivity contribution in [3.05, 3.63) is 54.6 Å². The Kier molecular flexibility index (Phi) is 8.22. The van der Waals surface area contributed by atoms with E-state index in [4.69, 9.17) is 4.74 Å². The van der Waals surface area contributed by atoms with Gasteiger partial charge in [0.05, 0.1) is 0 Å². The molecule has 0 spiro atoms. The highest BCUT2D eigenvalue weighted by Gasteiger charge is 2.10. The minimum Gasteiger partial charge on any atom is -0.443 e. The van der Waals surface area contributed by atoms with E-state index in [0.29, 0.717) is 5.57 Å². The lowest BCUT2D eigenvalue weighted by atomic mass is 10.2. The van der Waals surface area contributed by atoms with Crippen molar-refractivity contribution >= 4 is 12.0 Å². The van der Waals surface area contributed by atoms with Crippen LogP contribution < -0.4 is 0 Å². The van der Waals surface area contributed by atoms with Crippen LogP contribution >= 0.6 is 0 Å². The van der Waals surface area contributed by atoms with E-state index in [-0.39, 0.29) is 12.2 Å². The van der Waals surface area contributed by atoms with Crippen molar-refractivity contribution in [2.75, 3.05) is 14.1 Å². The lowest BCUT2D eigenvalue weighted by Gasteiger charge is -2.19. The molecule has 0 amide bonds. The van der Waals surface area contributed by atoms with E-state index < -0.39 is 0 Å². The summed E-state index contributed by atoms with van der Waals surface area (Å²) in [5.41, 5.74) is 1.60. The first-order valence-electron chi connectivity index (χ1n) is 6.09. The van der Waals surface area contributed by atoms with E-state index in [1.165, 1.54) is 5.56 Å². The summed E-state index contributed by atoms with van der Waals surface area (Å²) < 4.78 is 4.96. The predicted molar refractivity (Wildman–Crippen MR) is 80.6 cm³/mol. The van der Waals surface area contributed by atoms with E-state index in [2.05, 4.69) is 13.2 Å². The van der Waals surface area contributed by atoms with Crippen molar-refractivity contribution in [2.24, 2.45) is 0 Å². The summed E-state index contributed by atoms with van der Waals surface area (Å²) in [6, 6.07) is 10.0. The Morgan fingerprint density at radius 3 is 2.16 bits per heavy atom. The molecule has 0 aliphatic carbocycles. The van der Waals surface area contributed by atoms with Gasteiger partial charge in [0.1, 0.15) is 0 Å². The third-order valence-electron chi connectivity index (χ3n) is 2.39. The number of rotatable bonds is 4. The van der Waals surface area contributed by atoms with Gasteiger partial charge in [-0.3, -0.25) is 4.90 Å². The quantitative estimate of drug-likeness (QED) is 0.473. The van der Waals surface area contributed by atoms with Crippen molar-refractivity contribution in [3.63, 3.8) is 0 Å². The van der Waals surface area contributed by atoms with Gasteiger partial charge in [0, 0.05) is 5.57 Å². The van der Waals surface area contributed by atoms with E-state index in [1.807, 2.05) is 50.5 Å². The molecule has 1 rings (SSSR count). The SMILES string of the molecule is C=C(C)C(=O)OC(C)N(C)C.C=Cc1ccccc1. The molecule has 3 heteroatoms.